The number of ether oxygens (including phenoxy) is 2. The van der Waals surface area contributed by atoms with Crippen LogP contribution in [0.2, 0.25) is 0 Å². The molecule has 5 heteroatoms. The monoisotopic (exact) mass is 307 g/mol. The number of likely N-dealkylation sites (tertiary alicyclic amines) is 1. The molecular formula is C17H25NO4. The molecule has 122 valence electrons. The molecule has 0 radical (unpaired) electrons. The fraction of sp³-hybridized carbons (Fsp3) is 0.588. The molecule has 1 aromatic rings. The van der Waals surface area contributed by atoms with Crippen LogP contribution in [-0.4, -0.2) is 41.4 Å². The van der Waals surface area contributed by atoms with Gasteiger partial charge in [0.05, 0.1) is 19.3 Å². The molecule has 2 rings (SSSR count). The van der Waals surface area contributed by atoms with Crippen LogP contribution in [0.4, 0.5) is 4.79 Å². The molecule has 0 bridgehead atoms. The van der Waals surface area contributed by atoms with Gasteiger partial charge >= 0.3 is 6.09 Å². The van der Waals surface area contributed by atoms with Crippen molar-refractivity contribution in [3.8, 4) is 5.75 Å². The third-order valence-corrected chi connectivity index (χ3v) is 3.75. The molecule has 2 atom stereocenters. The van der Waals surface area contributed by atoms with Crippen LogP contribution >= 0.6 is 0 Å². The van der Waals surface area contributed by atoms with Crippen molar-refractivity contribution in [1.82, 2.24) is 4.90 Å². The molecule has 0 spiro atoms. The van der Waals surface area contributed by atoms with Crippen molar-refractivity contribution in [2.75, 3.05) is 13.7 Å². The third-order valence-electron chi connectivity index (χ3n) is 3.75. The van der Waals surface area contributed by atoms with E-state index in [2.05, 4.69) is 0 Å². The van der Waals surface area contributed by atoms with Crippen LogP contribution in [0.1, 0.15) is 45.3 Å². The van der Waals surface area contributed by atoms with Crippen LogP contribution in [0.15, 0.2) is 24.3 Å². The molecule has 1 aliphatic heterocycles. The molecule has 1 amide bonds. The first-order valence-corrected chi connectivity index (χ1v) is 7.63. The summed E-state index contributed by atoms with van der Waals surface area (Å²) in [6.07, 6.45) is 0.562. The first-order chi connectivity index (χ1) is 10.3. The van der Waals surface area contributed by atoms with Gasteiger partial charge < -0.3 is 19.5 Å². The van der Waals surface area contributed by atoms with Gasteiger partial charge in [0, 0.05) is 6.54 Å². The van der Waals surface area contributed by atoms with E-state index < -0.39 is 11.7 Å². The Labute approximate surface area is 131 Å². The highest BCUT2D eigenvalue weighted by atomic mass is 16.6. The molecule has 1 fully saturated rings. The van der Waals surface area contributed by atoms with Gasteiger partial charge in [-0.3, -0.25) is 0 Å². The average molecular weight is 307 g/mol. The summed E-state index contributed by atoms with van der Waals surface area (Å²) < 4.78 is 10.6. The van der Waals surface area contributed by atoms with Crippen molar-refractivity contribution in [2.24, 2.45) is 0 Å². The minimum Gasteiger partial charge on any atom is -0.497 e. The quantitative estimate of drug-likeness (QED) is 0.932. The zero-order valence-electron chi connectivity index (χ0n) is 13.7. The topological polar surface area (TPSA) is 59.0 Å². The number of aliphatic hydroxyl groups excluding tert-OH is 1. The lowest BCUT2D eigenvalue weighted by Gasteiger charge is -2.31. The second-order valence-electron chi connectivity index (χ2n) is 6.60. The second-order valence-corrected chi connectivity index (χ2v) is 6.60. The highest BCUT2D eigenvalue weighted by Gasteiger charge is 2.36. The molecule has 1 aromatic carbocycles. The first-order valence-electron chi connectivity index (χ1n) is 7.63. The zero-order valence-corrected chi connectivity index (χ0v) is 13.7. The summed E-state index contributed by atoms with van der Waals surface area (Å²) in [7, 11) is 1.60. The highest BCUT2D eigenvalue weighted by Crippen LogP contribution is 2.31. The molecule has 5 nitrogen and oxygen atoms in total. The van der Waals surface area contributed by atoms with Crippen LogP contribution < -0.4 is 4.74 Å². The second kappa shape index (κ2) is 6.57. The van der Waals surface area contributed by atoms with E-state index in [1.165, 1.54) is 0 Å². The maximum absolute atomic E-state index is 12.3. The highest BCUT2D eigenvalue weighted by molar-refractivity contribution is 5.69. The Morgan fingerprint density at radius 3 is 2.50 bits per heavy atom. The fourth-order valence-electron chi connectivity index (χ4n) is 2.69. The molecule has 1 N–H and O–H groups in total. The molecule has 0 saturated carbocycles. The number of hydrogen-bond donors (Lipinski definition) is 1. The Morgan fingerprint density at radius 2 is 1.95 bits per heavy atom. The Morgan fingerprint density at radius 1 is 1.32 bits per heavy atom. The summed E-state index contributed by atoms with van der Waals surface area (Å²) in [4.78, 5) is 13.9. The predicted octanol–water partition coefficient (Wildman–Crippen LogP) is 3.13. The number of carbonyl (C=O) groups excluding carboxylic acids is 1. The normalized spacial score (nSPS) is 19.9. The van der Waals surface area contributed by atoms with E-state index in [0.29, 0.717) is 6.54 Å². The number of amides is 1. The summed E-state index contributed by atoms with van der Waals surface area (Å²) in [5, 5.41) is 10.6. The number of rotatable bonds is 3. The minimum absolute atomic E-state index is 0.247. The van der Waals surface area contributed by atoms with E-state index in [0.717, 1.165) is 24.2 Å². The van der Waals surface area contributed by atoms with Gasteiger partial charge in [0.1, 0.15) is 11.4 Å². The number of methoxy groups -OCH3 is 1. The molecular weight excluding hydrogens is 282 g/mol. The molecule has 2 unspecified atom stereocenters. The Kier molecular flexibility index (Phi) is 4.96. The summed E-state index contributed by atoms with van der Waals surface area (Å²) in [6, 6.07) is 7.03. The van der Waals surface area contributed by atoms with Crippen molar-refractivity contribution >= 4 is 6.09 Å². The standard InChI is InChI=1S/C17H25NO4/c1-17(2,3)22-16(20)18-11-5-6-14(18)15(19)12-7-9-13(21-4)10-8-12/h7-10,14-15,19H,5-6,11H2,1-4H3. The Balaban J connectivity index is 2.10. The Bertz CT molecular complexity index is 506. The van der Waals surface area contributed by atoms with Crippen molar-refractivity contribution < 1.29 is 19.4 Å². The molecule has 1 heterocycles. The van der Waals surface area contributed by atoms with E-state index >= 15 is 0 Å². The SMILES string of the molecule is COc1ccc(C(O)C2CCCN2C(=O)OC(C)(C)C)cc1. The lowest BCUT2D eigenvalue weighted by Crippen LogP contribution is -2.42. The molecule has 0 aliphatic carbocycles. The van der Waals surface area contributed by atoms with Crippen molar-refractivity contribution in [1.29, 1.82) is 0 Å². The van der Waals surface area contributed by atoms with Gasteiger partial charge in [0.15, 0.2) is 0 Å². The smallest absolute Gasteiger partial charge is 0.410 e. The lowest BCUT2D eigenvalue weighted by atomic mass is 10.0. The summed E-state index contributed by atoms with van der Waals surface area (Å²) in [5.74, 6) is 0.742. The van der Waals surface area contributed by atoms with E-state index in [-0.39, 0.29) is 12.1 Å². The van der Waals surface area contributed by atoms with Gasteiger partial charge in [-0.05, 0) is 51.3 Å². The van der Waals surface area contributed by atoms with E-state index in [1.54, 1.807) is 12.0 Å². The van der Waals surface area contributed by atoms with Crippen LogP contribution in [0, 0.1) is 0 Å². The molecule has 1 saturated heterocycles. The van der Waals surface area contributed by atoms with Crippen molar-refractivity contribution in [2.45, 2.75) is 51.4 Å². The zero-order chi connectivity index (χ0) is 16.3. The lowest BCUT2D eigenvalue weighted by molar-refractivity contribution is 0.00489. The fourth-order valence-corrected chi connectivity index (χ4v) is 2.69. The summed E-state index contributed by atoms with van der Waals surface area (Å²) >= 11 is 0. The first kappa shape index (κ1) is 16.6. The largest absolute Gasteiger partial charge is 0.497 e. The predicted molar refractivity (Wildman–Crippen MR) is 83.9 cm³/mol. The van der Waals surface area contributed by atoms with Crippen LogP contribution in [0.5, 0.6) is 5.75 Å². The molecule has 0 aromatic heterocycles. The van der Waals surface area contributed by atoms with Crippen molar-refractivity contribution in [3.63, 3.8) is 0 Å². The van der Waals surface area contributed by atoms with Crippen LogP contribution in [0.25, 0.3) is 0 Å². The number of aliphatic hydroxyl groups is 1. The average Bonchev–Trinajstić information content (AvgIpc) is 2.94. The van der Waals surface area contributed by atoms with Crippen molar-refractivity contribution in [3.05, 3.63) is 29.8 Å². The van der Waals surface area contributed by atoms with Crippen LogP contribution in [-0.2, 0) is 4.74 Å². The number of nitrogens with zero attached hydrogens (tertiary/aromatic N) is 1. The number of hydrogen-bond acceptors (Lipinski definition) is 4. The third kappa shape index (κ3) is 3.91. The Hall–Kier alpha value is -1.75. The van der Waals surface area contributed by atoms with E-state index in [9.17, 15) is 9.90 Å². The maximum Gasteiger partial charge on any atom is 0.410 e. The minimum atomic E-state index is -0.721. The summed E-state index contributed by atoms with van der Waals surface area (Å²) in [6.45, 7) is 6.15. The van der Waals surface area contributed by atoms with Gasteiger partial charge in [-0.2, -0.15) is 0 Å². The van der Waals surface area contributed by atoms with E-state index in [4.69, 9.17) is 9.47 Å². The van der Waals surface area contributed by atoms with Gasteiger partial charge in [0.2, 0.25) is 0 Å². The molecule has 22 heavy (non-hydrogen) atoms. The molecule has 1 aliphatic rings. The number of carbonyl (C=O) groups is 1. The van der Waals surface area contributed by atoms with Gasteiger partial charge in [-0.15, -0.1) is 0 Å². The summed E-state index contributed by atoms with van der Waals surface area (Å²) in [5.41, 5.74) is 0.246. The van der Waals surface area contributed by atoms with Crippen LogP contribution in [0.3, 0.4) is 0 Å². The van der Waals surface area contributed by atoms with E-state index in [1.807, 2.05) is 45.0 Å². The van der Waals surface area contributed by atoms with Gasteiger partial charge in [-0.25, -0.2) is 4.79 Å². The number of benzene rings is 1. The van der Waals surface area contributed by atoms with Gasteiger partial charge in [0.25, 0.3) is 0 Å². The van der Waals surface area contributed by atoms with Gasteiger partial charge in [-0.1, -0.05) is 12.1 Å². The maximum atomic E-state index is 12.3.